The van der Waals surface area contributed by atoms with E-state index in [0.29, 0.717) is 6.61 Å². The first-order valence-electron chi connectivity index (χ1n) is 2.91. The summed E-state index contributed by atoms with van der Waals surface area (Å²) in [5.74, 6) is 0. The number of primary amides is 1. The molecule has 0 rings (SSSR count). The molecule has 0 aliphatic heterocycles. The van der Waals surface area contributed by atoms with E-state index in [0.717, 1.165) is 6.42 Å². The highest BCUT2D eigenvalue weighted by molar-refractivity contribution is 7.96. The zero-order valence-electron chi connectivity index (χ0n) is 6.24. The fraction of sp³-hybridized carbons (Fsp3) is 0.600. The maximum Gasteiger partial charge on any atom is 0.273 e. The Morgan fingerprint density at radius 3 is 2.09 bits per heavy atom. The summed E-state index contributed by atoms with van der Waals surface area (Å²) < 4.78 is 4.70. The SMILES string of the molecule is CCCOC(N)=S.NC(=O)S. The third kappa shape index (κ3) is 43.5. The van der Waals surface area contributed by atoms with Crippen LogP contribution in [0.5, 0.6) is 0 Å². The molecule has 0 unspecified atom stereocenters. The monoisotopic (exact) mass is 196 g/mol. The summed E-state index contributed by atoms with van der Waals surface area (Å²) in [7, 11) is 0. The third-order valence-electron chi connectivity index (χ3n) is 0.448. The molecule has 4 nitrogen and oxygen atoms in total. The third-order valence-corrected chi connectivity index (χ3v) is 0.566. The lowest BCUT2D eigenvalue weighted by atomic mass is 10.5. The zero-order valence-corrected chi connectivity index (χ0v) is 7.95. The predicted octanol–water partition coefficient (Wildman–Crippen LogP) is 0.652. The van der Waals surface area contributed by atoms with Crippen LogP contribution < -0.4 is 11.5 Å². The van der Waals surface area contributed by atoms with Crippen LogP contribution in [-0.4, -0.2) is 17.0 Å². The number of hydrogen-bond acceptors (Lipinski definition) is 3. The topological polar surface area (TPSA) is 78.3 Å². The molecule has 0 fully saturated rings. The summed E-state index contributed by atoms with van der Waals surface area (Å²) in [6, 6.07) is 0. The summed E-state index contributed by atoms with van der Waals surface area (Å²) >= 11 is 7.52. The average Bonchev–Trinajstić information content (AvgIpc) is 1.82. The molecule has 0 saturated heterocycles. The highest BCUT2D eigenvalue weighted by Crippen LogP contribution is 1.77. The molecule has 0 aliphatic carbocycles. The van der Waals surface area contributed by atoms with Gasteiger partial charge in [-0.05, 0) is 18.6 Å². The maximum absolute atomic E-state index is 9.09. The van der Waals surface area contributed by atoms with Crippen LogP contribution in [0, 0.1) is 0 Å². The van der Waals surface area contributed by atoms with E-state index in [1.54, 1.807) is 0 Å². The van der Waals surface area contributed by atoms with Crippen LogP contribution in [-0.2, 0) is 4.74 Å². The van der Waals surface area contributed by atoms with E-state index < -0.39 is 5.24 Å². The minimum atomic E-state index is -0.639. The highest BCUT2D eigenvalue weighted by atomic mass is 32.1. The van der Waals surface area contributed by atoms with E-state index in [2.05, 4.69) is 30.6 Å². The molecular weight excluding hydrogens is 184 g/mol. The maximum atomic E-state index is 9.09. The fourth-order valence-corrected chi connectivity index (χ4v) is 0.286. The van der Waals surface area contributed by atoms with Crippen LogP contribution in [0.4, 0.5) is 4.79 Å². The molecule has 4 N–H and O–H groups in total. The van der Waals surface area contributed by atoms with Crippen molar-refractivity contribution in [1.29, 1.82) is 0 Å². The molecule has 1 amide bonds. The normalized spacial score (nSPS) is 7.45. The zero-order chi connectivity index (χ0) is 9.28. The second-order valence-electron chi connectivity index (χ2n) is 1.51. The Kier molecular flexibility index (Phi) is 11.3. The first kappa shape index (κ1) is 13.1. The second kappa shape index (κ2) is 9.51. The van der Waals surface area contributed by atoms with E-state index in [-0.39, 0.29) is 5.17 Å². The van der Waals surface area contributed by atoms with Crippen molar-refractivity contribution in [3.63, 3.8) is 0 Å². The molecule has 0 aromatic heterocycles. The Morgan fingerprint density at radius 1 is 1.64 bits per heavy atom. The predicted molar refractivity (Wildman–Crippen MR) is 51.6 cm³/mol. The first-order chi connectivity index (χ1) is 5.00. The van der Waals surface area contributed by atoms with Gasteiger partial charge < -0.3 is 16.2 Å². The Morgan fingerprint density at radius 2 is 2.00 bits per heavy atom. The summed E-state index contributed by atoms with van der Waals surface area (Å²) in [5.41, 5.74) is 9.32. The van der Waals surface area contributed by atoms with Gasteiger partial charge in [0.15, 0.2) is 0 Å². The minimum Gasteiger partial charge on any atom is -0.471 e. The summed E-state index contributed by atoms with van der Waals surface area (Å²) in [4.78, 5) is 9.09. The average molecular weight is 196 g/mol. The van der Waals surface area contributed by atoms with Gasteiger partial charge >= 0.3 is 0 Å². The van der Waals surface area contributed by atoms with Crippen LogP contribution >= 0.6 is 24.8 Å². The molecule has 0 aromatic carbocycles. The van der Waals surface area contributed by atoms with Gasteiger partial charge in [0, 0.05) is 0 Å². The van der Waals surface area contributed by atoms with Crippen molar-refractivity contribution < 1.29 is 9.53 Å². The summed E-state index contributed by atoms with van der Waals surface area (Å²) in [5, 5.41) is -0.498. The van der Waals surface area contributed by atoms with Gasteiger partial charge in [-0.25, -0.2) is 0 Å². The van der Waals surface area contributed by atoms with Crippen LogP contribution in [0.15, 0.2) is 0 Å². The Balaban J connectivity index is 0. The van der Waals surface area contributed by atoms with Gasteiger partial charge in [0.1, 0.15) is 0 Å². The molecule has 0 spiro atoms. The lowest BCUT2D eigenvalue weighted by Crippen LogP contribution is -2.12. The molecule has 0 aliphatic rings. The van der Waals surface area contributed by atoms with Crippen molar-refractivity contribution in [3.8, 4) is 0 Å². The quantitative estimate of drug-likeness (QED) is 0.447. The largest absolute Gasteiger partial charge is 0.471 e. The number of thiol groups is 1. The van der Waals surface area contributed by atoms with E-state index in [9.17, 15) is 0 Å². The smallest absolute Gasteiger partial charge is 0.273 e. The van der Waals surface area contributed by atoms with Crippen molar-refractivity contribution in [1.82, 2.24) is 0 Å². The Bertz CT molecular complexity index is 126. The van der Waals surface area contributed by atoms with Crippen LogP contribution in [0.25, 0.3) is 0 Å². The van der Waals surface area contributed by atoms with Gasteiger partial charge in [0.05, 0.1) is 6.61 Å². The molecule has 6 heteroatoms. The molecule has 0 saturated carbocycles. The van der Waals surface area contributed by atoms with E-state index in [1.165, 1.54) is 0 Å². The van der Waals surface area contributed by atoms with E-state index in [4.69, 9.17) is 15.3 Å². The molecule has 0 atom stereocenters. The molecular formula is C5H12N2O2S2. The molecule has 0 aromatic rings. The summed E-state index contributed by atoms with van der Waals surface area (Å²) in [6.07, 6.45) is 0.956. The Labute approximate surface area is 76.7 Å². The van der Waals surface area contributed by atoms with Crippen molar-refractivity contribution in [2.45, 2.75) is 13.3 Å². The van der Waals surface area contributed by atoms with Crippen LogP contribution in [0.3, 0.4) is 0 Å². The second-order valence-corrected chi connectivity index (χ2v) is 2.35. The molecule has 66 valence electrons. The van der Waals surface area contributed by atoms with Crippen molar-refractivity contribution >= 4 is 35.3 Å². The number of ether oxygens (including phenoxy) is 1. The number of carbonyl (C=O) groups is 1. The molecule has 0 bridgehead atoms. The standard InChI is InChI=1S/C4H9NOS.CH3NOS/c1-2-3-6-4(5)7;2-1(3)4/h2-3H2,1H3,(H2,5,7);(H3,2,3,4). The van der Waals surface area contributed by atoms with Crippen molar-refractivity contribution in [2.24, 2.45) is 11.5 Å². The number of rotatable bonds is 2. The van der Waals surface area contributed by atoms with Gasteiger partial charge in [-0.15, -0.1) is 0 Å². The first-order valence-corrected chi connectivity index (χ1v) is 3.76. The molecule has 0 radical (unpaired) electrons. The molecule has 11 heavy (non-hydrogen) atoms. The Hall–Kier alpha value is -0.490. The number of carbonyl (C=O) groups excluding carboxylic acids is 1. The number of nitrogens with two attached hydrogens (primary N) is 2. The van der Waals surface area contributed by atoms with E-state index in [1.807, 2.05) is 6.92 Å². The lowest BCUT2D eigenvalue weighted by Gasteiger charge is -1.96. The number of hydrogen-bond donors (Lipinski definition) is 3. The van der Waals surface area contributed by atoms with Gasteiger partial charge in [-0.1, -0.05) is 19.6 Å². The lowest BCUT2D eigenvalue weighted by molar-refractivity contribution is 0.267. The summed E-state index contributed by atoms with van der Waals surface area (Å²) in [6.45, 7) is 2.63. The van der Waals surface area contributed by atoms with Gasteiger partial charge in [0.25, 0.3) is 10.4 Å². The molecule has 0 heterocycles. The van der Waals surface area contributed by atoms with Crippen LogP contribution in [0.2, 0.25) is 0 Å². The van der Waals surface area contributed by atoms with Gasteiger partial charge in [0.2, 0.25) is 0 Å². The fourth-order valence-electron chi connectivity index (χ4n) is 0.203. The number of thiocarbonyl (C=S) groups is 1. The number of amides is 1. The van der Waals surface area contributed by atoms with Crippen molar-refractivity contribution in [3.05, 3.63) is 0 Å². The van der Waals surface area contributed by atoms with Crippen LogP contribution in [0.1, 0.15) is 13.3 Å². The van der Waals surface area contributed by atoms with Gasteiger partial charge in [-0.3, -0.25) is 4.79 Å². The van der Waals surface area contributed by atoms with E-state index >= 15 is 0 Å². The minimum absolute atomic E-state index is 0.141. The van der Waals surface area contributed by atoms with Crippen molar-refractivity contribution in [2.75, 3.05) is 6.61 Å². The highest BCUT2D eigenvalue weighted by Gasteiger charge is 1.81. The van der Waals surface area contributed by atoms with Gasteiger partial charge in [-0.2, -0.15) is 0 Å².